The Bertz CT molecular complexity index is 1710. The first-order valence-electron chi connectivity index (χ1n) is 13.2. The van der Waals surface area contributed by atoms with Crippen LogP contribution < -0.4 is 4.57 Å². The molecule has 0 aliphatic carbocycles. The maximum Gasteiger partial charge on any atom is 0.296 e. The Kier molecular flexibility index (Phi) is 5.60. The second kappa shape index (κ2) is 8.65. The number of rotatable bonds is 5. The Labute approximate surface area is 224 Å². The first kappa shape index (κ1) is 24.6. The van der Waals surface area contributed by atoms with Crippen molar-refractivity contribution in [3.05, 3.63) is 108 Å². The maximum absolute atomic E-state index is 11.8. The minimum absolute atomic E-state index is 0.220. The summed E-state index contributed by atoms with van der Waals surface area (Å²) in [6, 6.07) is 28.1. The van der Waals surface area contributed by atoms with E-state index in [0.717, 1.165) is 33.4 Å². The highest BCUT2D eigenvalue weighted by molar-refractivity contribution is 5.91. The molecule has 5 aromatic rings. The van der Waals surface area contributed by atoms with Crippen LogP contribution in [0.3, 0.4) is 0 Å². The van der Waals surface area contributed by atoms with Crippen molar-refractivity contribution in [1.29, 1.82) is 0 Å². The van der Waals surface area contributed by atoms with E-state index in [1.54, 1.807) is 7.11 Å². The Morgan fingerprint density at radius 1 is 0.947 bits per heavy atom. The van der Waals surface area contributed by atoms with Crippen LogP contribution >= 0.6 is 0 Å². The molecule has 0 radical (unpaired) electrons. The molecule has 4 nitrogen and oxygen atoms in total. The van der Waals surface area contributed by atoms with Crippen LogP contribution in [0.1, 0.15) is 30.5 Å². The molecule has 1 aliphatic heterocycles. The summed E-state index contributed by atoms with van der Waals surface area (Å²) in [5.41, 5.74) is 6.64. The topological polar surface area (TPSA) is 38.3 Å². The van der Waals surface area contributed by atoms with Crippen molar-refractivity contribution in [2.24, 2.45) is 0 Å². The number of hydrogen-bond donors (Lipinski definition) is 1. The smallest absolute Gasteiger partial charge is 0.296 e. The number of aromatic nitrogens is 2. The highest BCUT2D eigenvalue weighted by Crippen LogP contribution is 2.51. The Hall–Kier alpha value is -3.73. The van der Waals surface area contributed by atoms with Crippen LogP contribution in [0.25, 0.3) is 38.9 Å². The Morgan fingerprint density at radius 3 is 2.24 bits per heavy atom. The molecule has 3 unspecified atom stereocenters. The van der Waals surface area contributed by atoms with Gasteiger partial charge in [0, 0.05) is 7.11 Å². The van der Waals surface area contributed by atoms with Gasteiger partial charge in [-0.15, -0.1) is 0 Å². The van der Waals surface area contributed by atoms with Crippen LogP contribution in [0.5, 0.6) is 0 Å². The molecule has 1 N–H and O–H groups in total. The van der Waals surface area contributed by atoms with Crippen molar-refractivity contribution < 1.29 is 14.4 Å². The first-order chi connectivity index (χ1) is 18.3. The van der Waals surface area contributed by atoms with Gasteiger partial charge in [0.2, 0.25) is 0 Å². The van der Waals surface area contributed by atoms with Gasteiger partial charge in [0.1, 0.15) is 11.2 Å². The predicted octanol–water partition coefficient (Wildman–Crippen LogP) is 6.53. The van der Waals surface area contributed by atoms with E-state index >= 15 is 0 Å². The summed E-state index contributed by atoms with van der Waals surface area (Å²) in [6.45, 7) is 13.3. The van der Waals surface area contributed by atoms with Crippen molar-refractivity contribution in [3.63, 3.8) is 0 Å². The molecule has 38 heavy (non-hydrogen) atoms. The van der Waals surface area contributed by atoms with Crippen molar-refractivity contribution in [3.8, 4) is 17.1 Å². The number of nitrogens with zero attached hydrogens (tertiary/aromatic N) is 2. The monoisotopic (exact) mass is 503 g/mol. The molecule has 3 atom stereocenters. The summed E-state index contributed by atoms with van der Waals surface area (Å²) in [5.74, 6) is 1.09. The molecule has 192 valence electrons. The lowest BCUT2D eigenvalue weighted by Gasteiger charge is -2.49. The predicted molar refractivity (Wildman–Crippen MR) is 155 cm³/mol. The fourth-order valence-corrected chi connectivity index (χ4v) is 6.77. The molecule has 4 heteroatoms. The molecule has 0 fully saturated rings. The quantitative estimate of drug-likeness (QED) is 0.219. The van der Waals surface area contributed by atoms with Gasteiger partial charge in [-0.25, -0.2) is 4.57 Å². The van der Waals surface area contributed by atoms with Crippen molar-refractivity contribution >= 4 is 21.8 Å². The number of imidazole rings is 1. The number of hydrogen-bond acceptors (Lipinski definition) is 2. The molecule has 4 aromatic carbocycles. The number of aliphatic hydroxyl groups excluding tert-OH is 1. The van der Waals surface area contributed by atoms with E-state index in [0.29, 0.717) is 0 Å². The highest BCUT2D eigenvalue weighted by atomic mass is 16.5. The summed E-state index contributed by atoms with van der Waals surface area (Å²) in [5, 5.41) is 14.2. The molecule has 0 bridgehead atoms. The number of fused-ring (bicyclic) bond motifs is 6. The van der Waals surface area contributed by atoms with Gasteiger partial charge in [-0.1, -0.05) is 61.2 Å². The molecular weight excluding hydrogens is 468 g/mol. The van der Waals surface area contributed by atoms with Crippen LogP contribution in [0.2, 0.25) is 0 Å². The third kappa shape index (κ3) is 3.08. The largest absolute Gasteiger partial charge is 0.390 e. The van der Waals surface area contributed by atoms with E-state index in [2.05, 4.69) is 122 Å². The summed E-state index contributed by atoms with van der Waals surface area (Å²) in [4.78, 5) is 0. The highest BCUT2D eigenvalue weighted by Gasteiger charge is 2.60. The number of para-hydroxylation sites is 3. The molecule has 0 saturated carbocycles. The summed E-state index contributed by atoms with van der Waals surface area (Å²) >= 11 is 0. The summed E-state index contributed by atoms with van der Waals surface area (Å²) < 4.78 is 10.4. The van der Waals surface area contributed by atoms with Gasteiger partial charge >= 0.3 is 0 Å². The molecular formula is C34H35N2O2+. The SMILES string of the molecule is C=CC1(C)[n+]2c(n(-c3c(C)cccc3C)c3ccccc32)-c2cc3ccccc3cc2C1(C)C(O)COC. The van der Waals surface area contributed by atoms with Gasteiger partial charge in [0.15, 0.2) is 11.0 Å². The third-order valence-electron chi connectivity index (χ3n) is 9.04. The second-order valence-electron chi connectivity index (χ2n) is 11.0. The van der Waals surface area contributed by atoms with Gasteiger partial charge in [0.05, 0.1) is 23.7 Å². The van der Waals surface area contributed by atoms with Crippen molar-refractivity contribution in [1.82, 2.24) is 4.57 Å². The minimum atomic E-state index is -0.765. The minimum Gasteiger partial charge on any atom is -0.390 e. The number of allylic oxidation sites excluding steroid dienone is 1. The van der Waals surface area contributed by atoms with Gasteiger partial charge in [-0.2, -0.15) is 4.57 Å². The normalized spacial score (nSPS) is 21.3. The Balaban J connectivity index is 1.88. The van der Waals surface area contributed by atoms with E-state index in [1.165, 1.54) is 22.2 Å². The zero-order valence-electron chi connectivity index (χ0n) is 22.8. The van der Waals surface area contributed by atoms with Gasteiger partial charge in [-0.3, -0.25) is 0 Å². The van der Waals surface area contributed by atoms with E-state index in [1.807, 2.05) is 6.08 Å². The maximum atomic E-state index is 11.8. The van der Waals surface area contributed by atoms with E-state index in [-0.39, 0.29) is 6.61 Å². The second-order valence-corrected chi connectivity index (χ2v) is 11.0. The number of benzene rings is 4. The third-order valence-corrected chi connectivity index (χ3v) is 9.04. The molecule has 1 aliphatic rings. The summed E-state index contributed by atoms with van der Waals surface area (Å²) in [6.07, 6.45) is 1.24. The van der Waals surface area contributed by atoms with Gasteiger partial charge in [0.25, 0.3) is 5.82 Å². The fourth-order valence-electron chi connectivity index (χ4n) is 6.77. The van der Waals surface area contributed by atoms with Crippen LogP contribution in [-0.4, -0.2) is 29.5 Å². The average molecular weight is 504 g/mol. The molecule has 0 amide bonds. The number of aryl methyl sites for hydroxylation is 2. The zero-order chi connectivity index (χ0) is 26.8. The van der Waals surface area contributed by atoms with Crippen LogP contribution in [-0.2, 0) is 15.7 Å². The Morgan fingerprint density at radius 2 is 1.58 bits per heavy atom. The van der Waals surface area contributed by atoms with Crippen molar-refractivity contribution in [2.75, 3.05) is 13.7 Å². The van der Waals surface area contributed by atoms with Crippen LogP contribution in [0.4, 0.5) is 0 Å². The number of ether oxygens (including phenoxy) is 1. The van der Waals surface area contributed by atoms with E-state index in [4.69, 9.17) is 4.74 Å². The fraction of sp³-hybridized carbons (Fsp3) is 0.265. The lowest BCUT2D eigenvalue weighted by molar-refractivity contribution is -0.730. The van der Waals surface area contributed by atoms with Crippen molar-refractivity contribution in [2.45, 2.75) is 44.8 Å². The first-order valence-corrected chi connectivity index (χ1v) is 13.2. The molecule has 6 rings (SSSR count). The van der Waals surface area contributed by atoms with Gasteiger partial charge < -0.3 is 9.84 Å². The molecule has 0 saturated heterocycles. The van der Waals surface area contributed by atoms with E-state index < -0.39 is 17.1 Å². The van der Waals surface area contributed by atoms with Crippen LogP contribution in [0.15, 0.2) is 91.5 Å². The molecule has 1 aromatic heterocycles. The van der Waals surface area contributed by atoms with Crippen LogP contribution in [0, 0.1) is 13.8 Å². The molecule has 0 spiro atoms. The lowest BCUT2D eigenvalue weighted by Crippen LogP contribution is -2.70. The van der Waals surface area contributed by atoms with Gasteiger partial charge in [-0.05, 0) is 85.5 Å². The number of methoxy groups -OCH3 is 1. The summed E-state index contributed by atoms with van der Waals surface area (Å²) in [7, 11) is 1.65. The zero-order valence-corrected chi connectivity index (χ0v) is 22.8. The standard InChI is InChI=1S/C34H35N2O2/c1-7-33(4)34(5,30(37)21-38-6)27-20-25-16-9-8-15-24(25)19-26(27)32-35(31-22(2)13-12-14-23(31)3)28-17-10-11-18-29(28)36(32)33/h7-20,30,37H,1,21H2,2-6H3/q+1. The number of aliphatic hydroxyl groups is 1. The van der Waals surface area contributed by atoms with E-state index in [9.17, 15) is 5.11 Å². The lowest BCUT2D eigenvalue weighted by atomic mass is 9.60. The molecule has 2 heterocycles. The average Bonchev–Trinajstić information content (AvgIpc) is 3.26.